The summed E-state index contributed by atoms with van der Waals surface area (Å²) in [7, 11) is 1.62. The second-order valence-electron chi connectivity index (χ2n) is 9.86. The van der Waals surface area contributed by atoms with Gasteiger partial charge in [0.05, 0.1) is 30.8 Å². The molecule has 2 amide bonds. The number of anilines is 1. The predicted molar refractivity (Wildman–Crippen MR) is 187 cm³/mol. The Bertz CT molecular complexity index is 1380. The van der Waals surface area contributed by atoms with E-state index in [0.29, 0.717) is 46.8 Å². The molecule has 5 N–H and O–H groups in total. The van der Waals surface area contributed by atoms with E-state index in [1.807, 2.05) is 53.5 Å². The first-order valence-corrected chi connectivity index (χ1v) is 17.2. The molecule has 0 saturated carbocycles. The van der Waals surface area contributed by atoms with Crippen LogP contribution >= 0.6 is 45.7 Å². The number of nitrogens with zero attached hydrogens (tertiary/aromatic N) is 3. The van der Waals surface area contributed by atoms with Gasteiger partial charge in [-0.1, -0.05) is 24.4 Å². The van der Waals surface area contributed by atoms with Crippen molar-refractivity contribution in [2.45, 2.75) is 29.2 Å². The fraction of sp³-hybridized carbons (Fsp3) is 0.367. The number of ether oxygens (including phenoxy) is 2. The Kier molecular flexibility index (Phi) is 12.4. The molecule has 3 aliphatic rings. The van der Waals surface area contributed by atoms with E-state index >= 15 is 0 Å². The van der Waals surface area contributed by atoms with Crippen LogP contribution in [0.4, 0.5) is 10.5 Å². The topological polar surface area (TPSA) is 126 Å². The number of urea groups is 1. The van der Waals surface area contributed by atoms with Gasteiger partial charge in [0.1, 0.15) is 9.37 Å². The number of hydrogen-bond acceptors (Lipinski definition) is 10. The highest BCUT2D eigenvalue weighted by Gasteiger charge is 2.28. The molecule has 230 valence electrons. The molecular weight excluding hydrogens is 697 g/mol. The molecule has 1 aromatic rings. The minimum Gasteiger partial charge on any atom is -0.493 e. The number of halogens is 1. The minimum absolute atomic E-state index is 0.339. The third kappa shape index (κ3) is 9.74. The molecular formula is C30H38IN7O3S2. The van der Waals surface area contributed by atoms with Crippen molar-refractivity contribution in [3.05, 3.63) is 88.6 Å². The normalized spacial score (nSPS) is 22.8. The number of aliphatic imine (C=N–C) groups is 2. The lowest BCUT2D eigenvalue weighted by Crippen LogP contribution is -2.41. The lowest BCUT2D eigenvalue weighted by molar-refractivity contribution is 0.164. The third-order valence-electron chi connectivity index (χ3n) is 6.77. The fourth-order valence-electron chi connectivity index (χ4n) is 4.63. The Morgan fingerprint density at radius 3 is 2.79 bits per heavy atom. The van der Waals surface area contributed by atoms with Crippen molar-refractivity contribution in [1.29, 1.82) is 0 Å². The lowest BCUT2D eigenvalue weighted by atomic mass is 10.0. The first-order valence-electron chi connectivity index (χ1n) is 13.9. The molecule has 0 radical (unpaired) electrons. The van der Waals surface area contributed by atoms with Crippen LogP contribution < -0.4 is 21.7 Å². The van der Waals surface area contributed by atoms with Crippen LogP contribution in [-0.4, -0.2) is 65.0 Å². The van der Waals surface area contributed by atoms with Crippen LogP contribution in [0.5, 0.6) is 0 Å². The highest BCUT2D eigenvalue weighted by atomic mass is 127. The number of nitrogens with one attached hydrogen (secondary N) is 3. The molecule has 1 fully saturated rings. The smallest absolute Gasteiger partial charge is 0.325 e. The average molecular weight is 736 g/mol. The standard InChI is InChI=1S/C30H38IN7O3S2/c1-4-33-24-19-26(41-16-7-15-38-13-5-6-14-38)25(40-2)18-23(24)27(32)37-30(31)11-8-21(9-12-30)35-29(42-3)36-28(39)34-22-10-17-43-20-22/h4,8-11,17-20,37H,1,5-7,12-16,32H2,2-3H3,(H2,34,35,36,39)/b27-23+,33-24-. The second kappa shape index (κ2) is 16.2. The van der Waals surface area contributed by atoms with Crippen molar-refractivity contribution in [3.63, 3.8) is 0 Å². The lowest BCUT2D eigenvalue weighted by Gasteiger charge is -2.29. The zero-order valence-electron chi connectivity index (χ0n) is 24.4. The largest absolute Gasteiger partial charge is 0.493 e. The number of likely N-dealkylation sites (tertiary alicyclic amines) is 1. The molecule has 0 bridgehead atoms. The van der Waals surface area contributed by atoms with Gasteiger partial charge in [-0.15, -0.1) is 0 Å². The van der Waals surface area contributed by atoms with E-state index in [2.05, 4.69) is 60.0 Å². The number of thiophene rings is 1. The molecule has 2 aliphatic carbocycles. The maximum Gasteiger partial charge on any atom is 0.325 e. The van der Waals surface area contributed by atoms with Crippen LogP contribution in [0.3, 0.4) is 0 Å². The van der Waals surface area contributed by atoms with Gasteiger partial charge in [-0.2, -0.15) is 11.3 Å². The summed E-state index contributed by atoms with van der Waals surface area (Å²) < 4.78 is 11.3. The van der Waals surface area contributed by atoms with Gasteiger partial charge < -0.3 is 30.7 Å². The summed E-state index contributed by atoms with van der Waals surface area (Å²) >= 11 is 5.20. The van der Waals surface area contributed by atoms with Crippen molar-refractivity contribution < 1.29 is 14.3 Å². The SMILES string of the molecule is C=C/N=C1/C=C(OCCCN2CCCC2)C(OC)=C/C1=C(/N)NC1(I)C=CC(/N=C(/NC(=O)Nc2ccsc2)SC)=CC1. The van der Waals surface area contributed by atoms with Gasteiger partial charge in [0.2, 0.25) is 0 Å². The number of methoxy groups -OCH3 is 1. The monoisotopic (exact) mass is 735 g/mol. The highest BCUT2D eigenvalue weighted by Crippen LogP contribution is 2.31. The van der Waals surface area contributed by atoms with Gasteiger partial charge in [-0.3, -0.25) is 10.3 Å². The number of alkyl halides is 1. The molecule has 1 aromatic heterocycles. The third-order valence-corrected chi connectivity index (χ3v) is 9.10. The molecule has 1 aliphatic heterocycles. The molecule has 4 rings (SSSR count). The van der Waals surface area contributed by atoms with Gasteiger partial charge in [0.25, 0.3) is 0 Å². The number of amidine groups is 1. The summed E-state index contributed by atoms with van der Waals surface area (Å²) in [5, 5.41) is 13.3. The molecule has 43 heavy (non-hydrogen) atoms. The molecule has 1 saturated heterocycles. The van der Waals surface area contributed by atoms with Crippen LogP contribution in [-0.2, 0) is 9.47 Å². The van der Waals surface area contributed by atoms with Crippen LogP contribution in [0.15, 0.2) is 98.6 Å². The summed E-state index contributed by atoms with van der Waals surface area (Å²) in [6, 6.07) is 1.50. The van der Waals surface area contributed by atoms with Crippen molar-refractivity contribution in [2.75, 3.05) is 44.9 Å². The molecule has 2 heterocycles. The summed E-state index contributed by atoms with van der Waals surface area (Å²) in [6.45, 7) is 7.73. The molecule has 10 nitrogen and oxygen atoms in total. The molecule has 13 heteroatoms. The van der Waals surface area contributed by atoms with E-state index in [9.17, 15) is 4.79 Å². The number of thioether (sulfide) groups is 1. The number of rotatable bonds is 11. The van der Waals surface area contributed by atoms with Crippen molar-refractivity contribution >= 4 is 68.3 Å². The van der Waals surface area contributed by atoms with E-state index in [4.69, 9.17) is 15.2 Å². The number of carbonyl (C=O) groups is 1. The van der Waals surface area contributed by atoms with Gasteiger partial charge in [-0.05, 0) is 90.9 Å². The van der Waals surface area contributed by atoms with Gasteiger partial charge >= 0.3 is 6.03 Å². The minimum atomic E-state index is -0.506. The van der Waals surface area contributed by atoms with Crippen molar-refractivity contribution in [1.82, 2.24) is 15.5 Å². The van der Waals surface area contributed by atoms with Crippen molar-refractivity contribution in [2.24, 2.45) is 15.7 Å². The number of hydrogen-bond donors (Lipinski definition) is 4. The molecule has 0 aromatic carbocycles. The average Bonchev–Trinajstić information content (AvgIpc) is 3.71. The zero-order valence-corrected chi connectivity index (χ0v) is 28.2. The highest BCUT2D eigenvalue weighted by molar-refractivity contribution is 14.1. The first-order chi connectivity index (χ1) is 20.8. The summed E-state index contributed by atoms with van der Waals surface area (Å²) in [5.74, 6) is 1.65. The van der Waals surface area contributed by atoms with Crippen LogP contribution in [0.2, 0.25) is 0 Å². The number of amides is 2. The van der Waals surface area contributed by atoms with Crippen LogP contribution in [0.25, 0.3) is 0 Å². The Hall–Kier alpha value is -3.01. The summed E-state index contributed by atoms with van der Waals surface area (Å²) in [5.41, 5.74) is 9.42. The van der Waals surface area contributed by atoms with Gasteiger partial charge in [-0.25, -0.2) is 9.79 Å². The second-order valence-corrected chi connectivity index (χ2v) is 13.4. The molecule has 1 unspecified atom stereocenters. The zero-order chi connectivity index (χ0) is 30.7. The van der Waals surface area contributed by atoms with Crippen LogP contribution in [0.1, 0.15) is 25.7 Å². The predicted octanol–water partition coefficient (Wildman–Crippen LogP) is 5.84. The number of allylic oxidation sites excluding steroid dienone is 4. The van der Waals surface area contributed by atoms with Crippen molar-refractivity contribution in [3.8, 4) is 0 Å². The quantitative estimate of drug-likeness (QED) is 0.0563. The van der Waals surface area contributed by atoms with E-state index < -0.39 is 3.55 Å². The van der Waals surface area contributed by atoms with E-state index in [1.54, 1.807) is 7.11 Å². The van der Waals surface area contributed by atoms with E-state index in [0.717, 1.165) is 24.4 Å². The Morgan fingerprint density at radius 1 is 1.33 bits per heavy atom. The molecule has 0 spiro atoms. The Morgan fingerprint density at radius 2 is 2.14 bits per heavy atom. The number of nitrogens with two attached hydrogens (primary N) is 1. The summed E-state index contributed by atoms with van der Waals surface area (Å²) in [4.78, 5) is 23.9. The van der Waals surface area contributed by atoms with Gasteiger partial charge in [0.15, 0.2) is 16.7 Å². The Balaban J connectivity index is 1.39. The number of carbonyl (C=O) groups excluding carboxylic acids is 1. The fourth-order valence-corrected chi connectivity index (χ4v) is 6.30. The van der Waals surface area contributed by atoms with E-state index in [-0.39, 0.29) is 6.03 Å². The summed E-state index contributed by atoms with van der Waals surface area (Å²) in [6.07, 6.45) is 17.0. The maximum atomic E-state index is 12.3. The molecule has 1 atom stereocenters. The first kappa shape index (κ1) is 32.9. The maximum absolute atomic E-state index is 12.3. The van der Waals surface area contributed by atoms with Crippen LogP contribution in [0, 0.1) is 0 Å². The Labute approximate surface area is 275 Å². The van der Waals surface area contributed by atoms with Gasteiger partial charge in [0, 0.05) is 36.2 Å². The van der Waals surface area contributed by atoms with E-state index in [1.165, 1.54) is 55.2 Å².